The molecule has 210 valence electrons. The lowest BCUT2D eigenvalue weighted by atomic mass is 9.91. The second kappa shape index (κ2) is 10.6. The van der Waals surface area contributed by atoms with E-state index in [1.165, 1.54) is 77.7 Å². The minimum atomic E-state index is 1.17. The Morgan fingerprint density at radius 1 is 0.364 bits per heavy atom. The molecule has 0 atom stereocenters. The number of benzene rings is 6. The van der Waals surface area contributed by atoms with E-state index in [0.717, 1.165) is 0 Å². The summed E-state index contributed by atoms with van der Waals surface area (Å²) in [6.07, 6.45) is 4.56. The van der Waals surface area contributed by atoms with Gasteiger partial charge in [-0.1, -0.05) is 109 Å². The Bertz CT molecular complexity index is 2120. The summed E-state index contributed by atoms with van der Waals surface area (Å²) in [6.45, 7) is 4.46. The van der Waals surface area contributed by atoms with E-state index >= 15 is 0 Å². The monoisotopic (exact) mass is 564 g/mol. The smallest absolute Gasteiger partial charge is 0.0534 e. The lowest BCUT2D eigenvalue weighted by Crippen LogP contribution is -1.91. The van der Waals surface area contributed by atoms with Gasteiger partial charge in [-0.2, -0.15) is 0 Å². The van der Waals surface area contributed by atoms with E-state index in [-0.39, 0.29) is 0 Å². The van der Waals surface area contributed by atoms with Crippen molar-refractivity contribution in [1.82, 2.24) is 9.13 Å². The molecule has 0 spiro atoms. The second-order valence-corrected chi connectivity index (χ2v) is 11.6. The van der Waals surface area contributed by atoms with Gasteiger partial charge in [-0.25, -0.2) is 0 Å². The Morgan fingerprint density at radius 2 is 0.750 bits per heavy atom. The number of rotatable bonds is 5. The van der Waals surface area contributed by atoms with Crippen LogP contribution in [0.1, 0.15) is 11.1 Å². The molecular weight excluding hydrogens is 532 g/mol. The third kappa shape index (κ3) is 4.35. The van der Waals surface area contributed by atoms with Crippen LogP contribution in [-0.2, 0) is 0 Å². The highest BCUT2D eigenvalue weighted by Crippen LogP contribution is 2.38. The van der Waals surface area contributed by atoms with Gasteiger partial charge in [0, 0.05) is 45.7 Å². The molecule has 0 N–H and O–H groups in total. The van der Waals surface area contributed by atoms with E-state index in [2.05, 4.69) is 181 Å². The number of aromatic nitrogens is 2. The van der Waals surface area contributed by atoms with Crippen LogP contribution in [0, 0.1) is 13.8 Å². The largest absolute Gasteiger partial charge is 0.316 e. The minimum absolute atomic E-state index is 1.17. The predicted octanol–water partition coefficient (Wildman–Crippen LogP) is 11.2. The van der Waals surface area contributed by atoms with Crippen molar-refractivity contribution in [2.24, 2.45) is 0 Å². The van der Waals surface area contributed by atoms with E-state index in [1.54, 1.807) is 0 Å². The molecule has 2 heterocycles. The molecule has 0 aliphatic rings. The second-order valence-electron chi connectivity index (χ2n) is 11.6. The van der Waals surface area contributed by atoms with Crippen molar-refractivity contribution in [2.45, 2.75) is 13.8 Å². The fraction of sp³-hybridized carbons (Fsp3) is 0.0476. The highest BCUT2D eigenvalue weighted by atomic mass is 15.0. The first-order chi connectivity index (χ1) is 21.7. The maximum absolute atomic E-state index is 2.34. The van der Waals surface area contributed by atoms with E-state index in [1.807, 2.05) is 0 Å². The third-order valence-electron chi connectivity index (χ3n) is 8.86. The normalized spacial score (nSPS) is 11.4. The standard InChI is InChI=1S/C42H32N2/c1-29-25-31(39-27-43(33-13-5-3-6-14-33)41-19-11-9-17-37(39)41)21-23-35(29)36-24-22-32(26-30(36)2)40-28-44(34-15-7-4-8-16-34)42-20-12-10-18-38(40)42/h3-28H,1-2H3. The van der Waals surface area contributed by atoms with Gasteiger partial charge in [0.25, 0.3) is 0 Å². The molecule has 2 nitrogen and oxygen atoms in total. The van der Waals surface area contributed by atoms with Crippen molar-refractivity contribution >= 4 is 21.8 Å². The fourth-order valence-corrected chi connectivity index (χ4v) is 6.69. The van der Waals surface area contributed by atoms with Crippen LogP contribution in [0.5, 0.6) is 0 Å². The topological polar surface area (TPSA) is 9.86 Å². The molecule has 0 aliphatic heterocycles. The molecule has 6 aromatic carbocycles. The molecule has 0 aliphatic carbocycles. The average molecular weight is 565 g/mol. The van der Waals surface area contributed by atoms with Gasteiger partial charge >= 0.3 is 0 Å². The summed E-state index contributed by atoms with van der Waals surface area (Å²) in [5.41, 5.74) is 14.9. The fourth-order valence-electron chi connectivity index (χ4n) is 6.69. The number of hydrogen-bond donors (Lipinski definition) is 0. The Hall–Kier alpha value is -5.60. The van der Waals surface area contributed by atoms with Crippen molar-refractivity contribution in [3.8, 4) is 44.8 Å². The Balaban J connectivity index is 1.18. The minimum Gasteiger partial charge on any atom is -0.316 e. The van der Waals surface area contributed by atoms with Gasteiger partial charge in [-0.15, -0.1) is 0 Å². The van der Waals surface area contributed by atoms with Gasteiger partial charge in [0.15, 0.2) is 0 Å². The van der Waals surface area contributed by atoms with Gasteiger partial charge in [-0.3, -0.25) is 0 Å². The maximum Gasteiger partial charge on any atom is 0.0534 e. The first-order valence-electron chi connectivity index (χ1n) is 15.2. The van der Waals surface area contributed by atoms with Gasteiger partial charge in [0.1, 0.15) is 0 Å². The lowest BCUT2D eigenvalue weighted by molar-refractivity contribution is 1.13. The molecule has 8 rings (SSSR count). The van der Waals surface area contributed by atoms with Crippen LogP contribution in [0.2, 0.25) is 0 Å². The molecule has 0 amide bonds. The summed E-state index contributed by atoms with van der Waals surface area (Å²) in [4.78, 5) is 0. The SMILES string of the molecule is Cc1cc(-c2cn(-c3ccccc3)c3ccccc23)ccc1-c1ccc(-c2cn(-c3ccccc3)c3ccccc23)cc1C. The molecule has 2 aromatic heterocycles. The zero-order chi connectivity index (χ0) is 29.6. The maximum atomic E-state index is 2.34. The Kier molecular flexibility index (Phi) is 6.27. The summed E-state index contributed by atoms with van der Waals surface area (Å²) >= 11 is 0. The van der Waals surface area contributed by atoms with Crippen LogP contribution in [0.3, 0.4) is 0 Å². The van der Waals surface area contributed by atoms with Crippen LogP contribution < -0.4 is 0 Å². The summed E-state index contributed by atoms with van der Waals surface area (Å²) < 4.78 is 4.59. The van der Waals surface area contributed by atoms with Crippen LogP contribution in [0.25, 0.3) is 66.6 Å². The van der Waals surface area contributed by atoms with Crippen molar-refractivity contribution < 1.29 is 0 Å². The summed E-state index contributed by atoms with van der Waals surface area (Å²) in [5, 5.41) is 2.53. The van der Waals surface area contributed by atoms with Crippen LogP contribution in [0.15, 0.2) is 158 Å². The summed E-state index contributed by atoms with van der Waals surface area (Å²) in [7, 11) is 0. The highest BCUT2D eigenvalue weighted by Gasteiger charge is 2.15. The first-order valence-corrected chi connectivity index (χ1v) is 15.2. The number of aryl methyl sites for hydroxylation is 2. The van der Waals surface area contributed by atoms with E-state index in [0.29, 0.717) is 0 Å². The molecule has 44 heavy (non-hydrogen) atoms. The van der Waals surface area contributed by atoms with Crippen molar-refractivity contribution in [3.63, 3.8) is 0 Å². The van der Waals surface area contributed by atoms with Crippen molar-refractivity contribution in [2.75, 3.05) is 0 Å². The molecule has 0 fully saturated rings. The van der Waals surface area contributed by atoms with Gasteiger partial charge < -0.3 is 9.13 Å². The van der Waals surface area contributed by atoms with Gasteiger partial charge in [0.2, 0.25) is 0 Å². The zero-order valence-corrected chi connectivity index (χ0v) is 24.9. The number of fused-ring (bicyclic) bond motifs is 2. The molecule has 0 radical (unpaired) electrons. The average Bonchev–Trinajstić information content (AvgIpc) is 3.66. The molecule has 0 unspecified atom stereocenters. The number of nitrogens with zero attached hydrogens (tertiary/aromatic N) is 2. The van der Waals surface area contributed by atoms with Gasteiger partial charge in [0.05, 0.1) is 11.0 Å². The van der Waals surface area contributed by atoms with E-state index in [4.69, 9.17) is 0 Å². The predicted molar refractivity (Wildman–Crippen MR) is 186 cm³/mol. The van der Waals surface area contributed by atoms with Crippen LogP contribution >= 0.6 is 0 Å². The van der Waals surface area contributed by atoms with Crippen molar-refractivity contribution in [1.29, 1.82) is 0 Å². The van der Waals surface area contributed by atoms with E-state index in [9.17, 15) is 0 Å². The number of hydrogen-bond acceptors (Lipinski definition) is 0. The first kappa shape index (κ1) is 26.1. The third-order valence-corrected chi connectivity index (χ3v) is 8.86. The van der Waals surface area contributed by atoms with Gasteiger partial charge in [-0.05, 0) is 83.6 Å². The van der Waals surface area contributed by atoms with Crippen LogP contribution in [0.4, 0.5) is 0 Å². The van der Waals surface area contributed by atoms with Crippen LogP contribution in [-0.4, -0.2) is 9.13 Å². The molecule has 0 saturated heterocycles. The molecule has 2 heteroatoms. The molecule has 8 aromatic rings. The molecule has 0 bridgehead atoms. The molecule has 0 saturated carbocycles. The van der Waals surface area contributed by atoms with Crippen molar-refractivity contribution in [3.05, 3.63) is 169 Å². The van der Waals surface area contributed by atoms with E-state index < -0.39 is 0 Å². The number of para-hydroxylation sites is 4. The molecular formula is C42H32N2. The summed E-state index contributed by atoms with van der Waals surface area (Å²) in [5.74, 6) is 0. The highest BCUT2D eigenvalue weighted by molar-refractivity contribution is 5.99. The lowest BCUT2D eigenvalue weighted by Gasteiger charge is -2.13. The quantitative estimate of drug-likeness (QED) is 0.197. The Morgan fingerprint density at radius 3 is 1.16 bits per heavy atom. The zero-order valence-electron chi connectivity index (χ0n) is 24.9. The Labute approximate surface area is 258 Å². The summed E-state index contributed by atoms with van der Waals surface area (Å²) in [6, 6.07) is 52.3.